The molecule has 1 aliphatic rings. The van der Waals surface area contributed by atoms with Crippen LogP contribution in [0.1, 0.15) is 31.2 Å². The van der Waals surface area contributed by atoms with Gasteiger partial charge in [-0.15, -0.1) is 0 Å². The SMILES string of the molecule is COCCCCn1cc(CN(C)C2CC2)c2ccccc21. The number of aryl methyl sites for hydroxylation is 1. The first-order valence-electron chi connectivity index (χ1n) is 8.05. The van der Waals surface area contributed by atoms with Gasteiger partial charge in [-0.1, -0.05) is 18.2 Å². The van der Waals surface area contributed by atoms with Gasteiger partial charge in [0.15, 0.2) is 0 Å². The van der Waals surface area contributed by atoms with Gasteiger partial charge in [0.1, 0.15) is 0 Å². The van der Waals surface area contributed by atoms with Gasteiger partial charge in [0, 0.05) is 49.9 Å². The molecule has 0 spiro atoms. The van der Waals surface area contributed by atoms with Crippen LogP contribution in [0.2, 0.25) is 0 Å². The molecule has 0 unspecified atom stereocenters. The van der Waals surface area contributed by atoms with E-state index in [2.05, 4.69) is 47.0 Å². The molecule has 0 amide bonds. The maximum absolute atomic E-state index is 5.14. The lowest BCUT2D eigenvalue weighted by molar-refractivity contribution is 0.191. The number of hydrogen-bond acceptors (Lipinski definition) is 2. The Morgan fingerprint density at radius 1 is 1.24 bits per heavy atom. The van der Waals surface area contributed by atoms with E-state index in [1.54, 1.807) is 7.11 Å². The van der Waals surface area contributed by atoms with Crippen LogP contribution in [-0.4, -0.2) is 36.3 Å². The van der Waals surface area contributed by atoms with E-state index in [0.717, 1.165) is 32.2 Å². The number of methoxy groups -OCH3 is 1. The summed E-state index contributed by atoms with van der Waals surface area (Å²) in [5.41, 5.74) is 2.83. The monoisotopic (exact) mass is 286 g/mol. The molecule has 3 rings (SSSR count). The van der Waals surface area contributed by atoms with Crippen molar-refractivity contribution in [3.63, 3.8) is 0 Å². The van der Waals surface area contributed by atoms with Crippen molar-refractivity contribution in [2.24, 2.45) is 0 Å². The van der Waals surface area contributed by atoms with Crippen molar-refractivity contribution in [1.82, 2.24) is 9.47 Å². The third-order valence-electron chi connectivity index (χ3n) is 4.46. The lowest BCUT2D eigenvalue weighted by Gasteiger charge is -2.14. The van der Waals surface area contributed by atoms with Crippen LogP contribution >= 0.6 is 0 Å². The minimum Gasteiger partial charge on any atom is -0.385 e. The molecule has 1 fully saturated rings. The average Bonchev–Trinajstić information content (AvgIpc) is 3.29. The average molecular weight is 286 g/mol. The maximum atomic E-state index is 5.14. The number of hydrogen-bond donors (Lipinski definition) is 0. The largest absolute Gasteiger partial charge is 0.385 e. The van der Waals surface area contributed by atoms with Crippen LogP contribution in [0.4, 0.5) is 0 Å². The number of fused-ring (bicyclic) bond motifs is 1. The molecule has 21 heavy (non-hydrogen) atoms. The summed E-state index contributed by atoms with van der Waals surface area (Å²) < 4.78 is 7.56. The van der Waals surface area contributed by atoms with Crippen molar-refractivity contribution in [3.05, 3.63) is 36.0 Å². The van der Waals surface area contributed by atoms with Gasteiger partial charge < -0.3 is 9.30 Å². The molecule has 0 N–H and O–H groups in total. The number of unbranched alkanes of at least 4 members (excludes halogenated alkanes) is 1. The summed E-state index contributed by atoms with van der Waals surface area (Å²) in [6, 6.07) is 9.61. The van der Waals surface area contributed by atoms with E-state index < -0.39 is 0 Å². The first-order chi connectivity index (χ1) is 10.3. The standard InChI is InChI=1S/C18H26N2O/c1-19(16-9-10-16)13-15-14-20(11-5-6-12-21-2)18-8-4-3-7-17(15)18/h3-4,7-8,14,16H,5-6,9-13H2,1-2H3. The van der Waals surface area contributed by atoms with Gasteiger partial charge in [-0.25, -0.2) is 0 Å². The summed E-state index contributed by atoms with van der Waals surface area (Å²) in [6.45, 7) is 3.00. The fraction of sp³-hybridized carbons (Fsp3) is 0.556. The van der Waals surface area contributed by atoms with Crippen LogP contribution in [0.5, 0.6) is 0 Å². The van der Waals surface area contributed by atoms with E-state index in [1.165, 1.54) is 35.7 Å². The van der Waals surface area contributed by atoms with Gasteiger partial charge in [0.2, 0.25) is 0 Å². The number of benzene rings is 1. The second-order valence-corrected chi connectivity index (χ2v) is 6.21. The molecule has 114 valence electrons. The van der Waals surface area contributed by atoms with E-state index in [4.69, 9.17) is 4.74 Å². The summed E-state index contributed by atoms with van der Waals surface area (Å²) in [6.07, 6.45) is 7.39. The molecular weight excluding hydrogens is 260 g/mol. The maximum Gasteiger partial charge on any atom is 0.0483 e. The Hall–Kier alpha value is -1.32. The zero-order chi connectivity index (χ0) is 14.7. The molecule has 3 nitrogen and oxygen atoms in total. The smallest absolute Gasteiger partial charge is 0.0483 e. The van der Waals surface area contributed by atoms with Gasteiger partial charge >= 0.3 is 0 Å². The quantitative estimate of drug-likeness (QED) is 0.689. The number of rotatable bonds is 8. The Balaban J connectivity index is 1.76. The summed E-state index contributed by atoms with van der Waals surface area (Å²) in [7, 11) is 4.03. The summed E-state index contributed by atoms with van der Waals surface area (Å²) in [5, 5.41) is 1.41. The number of nitrogens with zero attached hydrogens (tertiary/aromatic N) is 2. The van der Waals surface area contributed by atoms with Crippen molar-refractivity contribution in [2.75, 3.05) is 20.8 Å². The van der Waals surface area contributed by atoms with Crippen molar-refractivity contribution in [2.45, 2.75) is 44.8 Å². The predicted octanol–water partition coefficient (Wildman–Crippen LogP) is 3.66. The van der Waals surface area contributed by atoms with Crippen LogP contribution in [0.25, 0.3) is 10.9 Å². The van der Waals surface area contributed by atoms with Gasteiger partial charge in [-0.05, 0) is 44.4 Å². The number of para-hydroxylation sites is 1. The first-order valence-corrected chi connectivity index (χ1v) is 8.05. The molecule has 1 saturated carbocycles. The third kappa shape index (κ3) is 3.47. The lowest BCUT2D eigenvalue weighted by atomic mass is 10.1. The Kier molecular flexibility index (Phi) is 4.61. The topological polar surface area (TPSA) is 17.4 Å². The van der Waals surface area contributed by atoms with Crippen LogP contribution in [0.15, 0.2) is 30.5 Å². The Labute approximate surface area is 127 Å². The lowest BCUT2D eigenvalue weighted by Crippen LogP contribution is -2.19. The fourth-order valence-corrected chi connectivity index (χ4v) is 3.08. The highest BCUT2D eigenvalue weighted by atomic mass is 16.5. The molecule has 1 aromatic carbocycles. The fourth-order valence-electron chi connectivity index (χ4n) is 3.08. The summed E-state index contributed by atoms with van der Waals surface area (Å²) in [5.74, 6) is 0. The Morgan fingerprint density at radius 2 is 2.05 bits per heavy atom. The van der Waals surface area contributed by atoms with Crippen LogP contribution < -0.4 is 0 Å². The third-order valence-corrected chi connectivity index (χ3v) is 4.46. The van der Waals surface area contributed by atoms with Crippen LogP contribution in [0.3, 0.4) is 0 Å². The number of ether oxygens (including phenoxy) is 1. The predicted molar refractivity (Wildman–Crippen MR) is 87.5 cm³/mol. The van der Waals surface area contributed by atoms with Crippen molar-refractivity contribution in [1.29, 1.82) is 0 Å². The molecule has 0 saturated heterocycles. The van der Waals surface area contributed by atoms with Gasteiger partial charge in [0.25, 0.3) is 0 Å². The zero-order valence-corrected chi connectivity index (χ0v) is 13.2. The summed E-state index contributed by atoms with van der Waals surface area (Å²) >= 11 is 0. The highest BCUT2D eigenvalue weighted by Crippen LogP contribution is 2.29. The van der Waals surface area contributed by atoms with E-state index in [-0.39, 0.29) is 0 Å². The van der Waals surface area contributed by atoms with Crippen molar-refractivity contribution >= 4 is 10.9 Å². The number of aromatic nitrogens is 1. The van der Waals surface area contributed by atoms with E-state index in [9.17, 15) is 0 Å². The van der Waals surface area contributed by atoms with E-state index in [1.807, 2.05) is 0 Å². The molecule has 1 aliphatic carbocycles. The molecule has 0 bridgehead atoms. The van der Waals surface area contributed by atoms with E-state index >= 15 is 0 Å². The minimum atomic E-state index is 0.814. The minimum absolute atomic E-state index is 0.814. The molecule has 0 atom stereocenters. The molecule has 3 heteroatoms. The molecule has 1 aromatic heterocycles. The molecular formula is C18H26N2O. The molecule has 2 aromatic rings. The zero-order valence-electron chi connectivity index (χ0n) is 13.2. The molecule has 1 heterocycles. The van der Waals surface area contributed by atoms with E-state index in [0.29, 0.717) is 0 Å². The Bertz CT molecular complexity index is 586. The van der Waals surface area contributed by atoms with Crippen molar-refractivity contribution in [3.8, 4) is 0 Å². The van der Waals surface area contributed by atoms with Gasteiger partial charge in [0.05, 0.1) is 0 Å². The highest BCUT2D eigenvalue weighted by molar-refractivity contribution is 5.83. The Morgan fingerprint density at radius 3 is 2.81 bits per heavy atom. The second-order valence-electron chi connectivity index (χ2n) is 6.21. The van der Waals surface area contributed by atoms with Crippen LogP contribution in [-0.2, 0) is 17.8 Å². The normalized spacial score (nSPS) is 15.2. The summed E-state index contributed by atoms with van der Waals surface area (Å²) in [4.78, 5) is 2.50. The highest BCUT2D eigenvalue weighted by Gasteiger charge is 2.26. The second kappa shape index (κ2) is 6.63. The van der Waals surface area contributed by atoms with Crippen LogP contribution in [0, 0.1) is 0 Å². The first kappa shape index (κ1) is 14.6. The van der Waals surface area contributed by atoms with Crippen molar-refractivity contribution < 1.29 is 4.74 Å². The molecule has 0 aliphatic heterocycles. The van der Waals surface area contributed by atoms with Gasteiger partial charge in [-0.3, -0.25) is 4.90 Å². The molecule has 0 radical (unpaired) electrons. The van der Waals surface area contributed by atoms with Gasteiger partial charge in [-0.2, -0.15) is 0 Å².